The van der Waals surface area contributed by atoms with Crippen molar-refractivity contribution in [1.29, 1.82) is 0 Å². The fourth-order valence-electron chi connectivity index (χ4n) is 4.94. The van der Waals surface area contributed by atoms with Gasteiger partial charge in [0.15, 0.2) is 0 Å². The fraction of sp³-hybridized carbons (Fsp3) is 0.559. The SMILES string of the molecule is CCN(CCOC(=O)C(CC(C)(C)C)C(C)(C)C)c1ccc(/C=C/CC(C)(C)c2ccccc2[NH2+]C)cc1. The predicted octanol–water partition coefficient (Wildman–Crippen LogP) is 7.36. The van der Waals surface area contributed by atoms with Crippen molar-refractivity contribution in [3.8, 4) is 0 Å². The number of anilines is 1. The summed E-state index contributed by atoms with van der Waals surface area (Å²) in [7, 11) is 2.10. The Labute approximate surface area is 232 Å². The number of hydrogen-bond donors (Lipinski definition) is 1. The first-order chi connectivity index (χ1) is 17.7. The van der Waals surface area contributed by atoms with Gasteiger partial charge in [0.05, 0.1) is 19.5 Å². The Kier molecular flexibility index (Phi) is 11.2. The van der Waals surface area contributed by atoms with E-state index in [1.807, 2.05) is 0 Å². The zero-order chi connectivity index (χ0) is 28.6. The van der Waals surface area contributed by atoms with Crippen LogP contribution in [0.5, 0.6) is 0 Å². The molecule has 0 aliphatic heterocycles. The van der Waals surface area contributed by atoms with Crippen LogP contribution in [0.2, 0.25) is 0 Å². The third kappa shape index (κ3) is 9.62. The van der Waals surface area contributed by atoms with E-state index in [2.05, 4.69) is 140 Å². The monoisotopic (exact) mass is 521 g/mol. The molecule has 0 saturated carbocycles. The second-order valence-electron chi connectivity index (χ2n) is 13.4. The molecule has 0 saturated heterocycles. The fourth-order valence-corrected chi connectivity index (χ4v) is 4.94. The Morgan fingerprint density at radius 3 is 2.16 bits per heavy atom. The number of ether oxygens (including phenoxy) is 1. The van der Waals surface area contributed by atoms with Crippen LogP contribution in [-0.4, -0.2) is 32.7 Å². The topological polar surface area (TPSA) is 46.1 Å². The smallest absolute Gasteiger partial charge is 0.309 e. The third-order valence-electron chi connectivity index (χ3n) is 7.33. The number of quaternary nitrogens is 1. The van der Waals surface area contributed by atoms with Gasteiger partial charge in [-0.25, -0.2) is 0 Å². The van der Waals surface area contributed by atoms with Gasteiger partial charge in [0, 0.05) is 17.8 Å². The summed E-state index contributed by atoms with van der Waals surface area (Å²) in [6.45, 7) is 21.6. The van der Waals surface area contributed by atoms with Crippen LogP contribution in [0.15, 0.2) is 54.6 Å². The maximum Gasteiger partial charge on any atom is 0.309 e. The Balaban J connectivity index is 1.96. The number of nitrogens with zero attached hydrogens (tertiary/aromatic N) is 1. The second-order valence-corrected chi connectivity index (χ2v) is 13.4. The van der Waals surface area contributed by atoms with Crippen LogP contribution < -0.4 is 10.2 Å². The van der Waals surface area contributed by atoms with E-state index in [-0.39, 0.29) is 28.1 Å². The molecule has 210 valence electrons. The van der Waals surface area contributed by atoms with E-state index in [1.54, 1.807) is 0 Å². The lowest BCUT2D eigenvalue weighted by Gasteiger charge is -2.34. The Bertz CT molecular complexity index is 1040. The van der Waals surface area contributed by atoms with E-state index in [1.165, 1.54) is 16.8 Å². The van der Waals surface area contributed by atoms with Crippen LogP contribution in [0.4, 0.5) is 11.4 Å². The van der Waals surface area contributed by atoms with Crippen molar-refractivity contribution in [3.05, 3.63) is 65.7 Å². The molecule has 38 heavy (non-hydrogen) atoms. The molecule has 1 atom stereocenters. The third-order valence-corrected chi connectivity index (χ3v) is 7.33. The zero-order valence-electron chi connectivity index (χ0n) is 25.7. The van der Waals surface area contributed by atoms with E-state index in [4.69, 9.17) is 4.74 Å². The minimum Gasteiger partial charge on any atom is -0.464 e. The maximum absolute atomic E-state index is 13.0. The standard InChI is InChI=1S/C34H52N2O2/c1-11-36(23-24-38-31(37)29(33(5,6)7)25-32(2,3)4)27-20-18-26(19-21-27)15-14-22-34(8,9)28-16-12-13-17-30(28)35-10/h12-21,29,35H,11,22-25H2,1-10H3/p+1/b15-14+. The molecule has 4 heteroatoms. The van der Waals surface area contributed by atoms with E-state index in [0.29, 0.717) is 13.2 Å². The minimum absolute atomic E-state index is 0.0644. The average molecular weight is 522 g/mol. The van der Waals surface area contributed by atoms with Crippen molar-refractivity contribution < 1.29 is 14.8 Å². The number of carbonyl (C=O) groups excluding carboxylic acids is 1. The first-order valence-electron chi connectivity index (χ1n) is 14.2. The highest BCUT2D eigenvalue weighted by Gasteiger charge is 2.35. The van der Waals surface area contributed by atoms with Gasteiger partial charge in [-0.05, 0) is 59.8 Å². The van der Waals surface area contributed by atoms with Gasteiger partial charge in [0.25, 0.3) is 0 Å². The Hall–Kier alpha value is -2.59. The number of hydrogen-bond acceptors (Lipinski definition) is 3. The molecule has 0 aliphatic carbocycles. The molecular weight excluding hydrogens is 468 g/mol. The van der Waals surface area contributed by atoms with Crippen molar-refractivity contribution in [1.82, 2.24) is 0 Å². The Morgan fingerprint density at radius 2 is 1.61 bits per heavy atom. The second kappa shape index (κ2) is 13.5. The van der Waals surface area contributed by atoms with Gasteiger partial charge in [-0.1, -0.05) is 97.9 Å². The molecule has 0 aliphatic rings. The summed E-state index contributed by atoms with van der Waals surface area (Å²) in [5, 5.41) is 2.19. The van der Waals surface area contributed by atoms with Gasteiger partial charge in [0.2, 0.25) is 0 Å². The van der Waals surface area contributed by atoms with Crippen LogP contribution in [0.25, 0.3) is 6.08 Å². The summed E-state index contributed by atoms with van der Waals surface area (Å²) in [6, 6.07) is 17.3. The van der Waals surface area contributed by atoms with Crippen LogP contribution in [0, 0.1) is 16.7 Å². The number of para-hydroxylation sites is 1. The molecule has 0 aromatic heterocycles. The molecule has 0 fully saturated rings. The number of likely N-dealkylation sites (N-methyl/N-ethyl adjacent to an activating group) is 1. The normalized spacial score (nSPS) is 13.5. The molecule has 0 bridgehead atoms. The molecule has 2 rings (SSSR count). The van der Waals surface area contributed by atoms with Crippen molar-refractivity contribution >= 4 is 23.4 Å². The largest absolute Gasteiger partial charge is 0.464 e. The molecule has 4 nitrogen and oxygen atoms in total. The molecule has 0 radical (unpaired) electrons. The quantitative estimate of drug-likeness (QED) is 0.234. The summed E-state index contributed by atoms with van der Waals surface area (Å²) in [5.41, 5.74) is 5.06. The molecule has 2 aromatic carbocycles. The van der Waals surface area contributed by atoms with Crippen molar-refractivity contribution in [2.75, 3.05) is 31.6 Å². The minimum atomic E-state index is -0.120. The van der Waals surface area contributed by atoms with Gasteiger partial charge in [-0.3, -0.25) is 4.79 Å². The molecule has 2 N–H and O–H groups in total. The summed E-state index contributed by atoms with van der Waals surface area (Å²) < 4.78 is 5.80. The van der Waals surface area contributed by atoms with Crippen LogP contribution >= 0.6 is 0 Å². The van der Waals surface area contributed by atoms with Gasteiger partial charge < -0.3 is 15.0 Å². The highest BCUT2D eigenvalue weighted by molar-refractivity contribution is 5.73. The highest BCUT2D eigenvalue weighted by Crippen LogP contribution is 2.37. The lowest BCUT2D eigenvalue weighted by molar-refractivity contribution is -0.540. The number of allylic oxidation sites excluding steroid dienone is 1. The molecule has 0 amide bonds. The molecule has 0 spiro atoms. The van der Waals surface area contributed by atoms with E-state index in [0.717, 1.165) is 25.1 Å². The summed E-state index contributed by atoms with van der Waals surface area (Å²) in [6.07, 6.45) is 6.28. The van der Waals surface area contributed by atoms with Gasteiger partial charge >= 0.3 is 5.97 Å². The van der Waals surface area contributed by atoms with E-state index < -0.39 is 0 Å². The van der Waals surface area contributed by atoms with Crippen LogP contribution in [0.1, 0.15) is 86.3 Å². The maximum atomic E-state index is 13.0. The molecular formula is C34H53N2O2+. The number of nitrogens with two attached hydrogens (primary N) is 1. The lowest BCUT2D eigenvalue weighted by atomic mass is 9.72. The zero-order valence-corrected chi connectivity index (χ0v) is 25.7. The van der Waals surface area contributed by atoms with Gasteiger partial charge in [-0.15, -0.1) is 0 Å². The number of benzene rings is 2. The van der Waals surface area contributed by atoms with Crippen molar-refractivity contribution in [3.63, 3.8) is 0 Å². The van der Waals surface area contributed by atoms with Crippen molar-refractivity contribution in [2.45, 2.75) is 80.6 Å². The number of rotatable bonds is 12. The van der Waals surface area contributed by atoms with Gasteiger partial charge in [-0.2, -0.15) is 0 Å². The lowest BCUT2D eigenvalue weighted by Crippen LogP contribution is -2.73. The molecule has 2 aromatic rings. The van der Waals surface area contributed by atoms with Crippen molar-refractivity contribution in [2.24, 2.45) is 16.7 Å². The van der Waals surface area contributed by atoms with E-state index >= 15 is 0 Å². The van der Waals surface area contributed by atoms with E-state index in [9.17, 15) is 4.79 Å². The Morgan fingerprint density at radius 1 is 0.974 bits per heavy atom. The summed E-state index contributed by atoms with van der Waals surface area (Å²) >= 11 is 0. The summed E-state index contributed by atoms with van der Waals surface area (Å²) in [5.74, 6) is -0.187. The first-order valence-corrected chi connectivity index (χ1v) is 14.2. The van der Waals surface area contributed by atoms with Crippen LogP contribution in [0.3, 0.4) is 0 Å². The summed E-state index contributed by atoms with van der Waals surface area (Å²) in [4.78, 5) is 15.2. The molecule has 0 heterocycles. The highest BCUT2D eigenvalue weighted by atomic mass is 16.5. The number of carbonyl (C=O) groups is 1. The number of esters is 1. The van der Waals surface area contributed by atoms with Crippen LogP contribution in [-0.2, 0) is 14.9 Å². The first kappa shape index (κ1) is 31.6. The molecule has 1 unspecified atom stereocenters. The average Bonchev–Trinajstić information content (AvgIpc) is 2.84. The predicted molar refractivity (Wildman–Crippen MR) is 163 cm³/mol. The van der Waals surface area contributed by atoms with Gasteiger partial charge in [0.1, 0.15) is 12.3 Å².